The molecule has 0 unspecified atom stereocenters. The van der Waals surface area contributed by atoms with Crippen molar-refractivity contribution in [2.45, 2.75) is 24.7 Å². The Labute approximate surface area is 94.4 Å². The van der Waals surface area contributed by atoms with Crippen LogP contribution in [0.15, 0.2) is 18.2 Å². The molecule has 0 aliphatic carbocycles. The zero-order chi connectivity index (χ0) is 10.6. The fourth-order valence-electron chi connectivity index (χ4n) is 1.11. The number of aryl methyl sites for hydroxylation is 2. The molecule has 1 aromatic rings. The van der Waals surface area contributed by atoms with Crippen LogP contribution in [0, 0.1) is 13.8 Å². The van der Waals surface area contributed by atoms with Gasteiger partial charge in [0.15, 0.2) is 0 Å². The molecule has 0 amide bonds. The van der Waals surface area contributed by atoms with Gasteiger partial charge in [-0.2, -0.15) is 0 Å². The van der Waals surface area contributed by atoms with Crippen molar-refractivity contribution in [2.24, 2.45) is 0 Å². The summed E-state index contributed by atoms with van der Waals surface area (Å²) in [7, 11) is 0. The average Bonchev–Trinajstić information content (AvgIpc) is 2.10. The predicted molar refractivity (Wildman–Crippen MR) is 58.4 cm³/mol. The van der Waals surface area contributed by atoms with Crippen LogP contribution in [0.3, 0.4) is 0 Å². The van der Waals surface area contributed by atoms with Gasteiger partial charge in [-0.1, -0.05) is 0 Å². The van der Waals surface area contributed by atoms with E-state index in [1.165, 1.54) is 14.7 Å². The van der Waals surface area contributed by atoms with E-state index >= 15 is 0 Å². The first-order valence-corrected chi connectivity index (χ1v) is 7.33. The summed E-state index contributed by atoms with van der Waals surface area (Å²) in [5, 5.41) is 8.54. The standard InChI is InChI=1S/C11H14O2Te/c1-8-3-4-9(2)10(7-8)14-6-5-11(12)13/h3-4,7H,5-6H2,1-2H3,(H,12,13). The van der Waals surface area contributed by atoms with Crippen LogP contribution in [0.5, 0.6) is 0 Å². The molecule has 0 atom stereocenters. The predicted octanol–water partition coefficient (Wildman–Crippen LogP) is 1.53. The summed E-state index contributed by atoms with van der Waals surface area (Å²) in [6.07, 6.45) is 0.315. The van der Waals surface area contributed by atoms with Gasteiger partial charge >= 0.3 is 94.5 Å². The molecule has 0 bridgehead atoms. The second-order valence-corrected chi connectivity index (χ2v) is 6.51. The van der Waals surface area contributed by atoms with Crippen LogP contribution in [-0.4, -0.2) is 32.0 Å². The SMILES string of the molecule is Cc1ccc(C)c([Te]CCC(=O)O)c1. The Bertz CT molecular complexity index is 334. The summed E-state index contributed by atoms with van der Waals surface area (Å²) in [4.78, 5) is 10.4. The van der Waals surface area contributed by atoms with Gasteiger partial charge in [-0.05, 0) is 0 Å². The van der Waals surface area contributed by atoms with Crippen LogP contribution in [0.1, 0.15) is 17.5 Å². The molecule has 2 nitrogen and oxygen atoms in total. The van der Waals surface area contributed by atoms with Gasteiger partial charge in [0, 0.05) is 0 Å². The molecular weight excluding hydrogens is 292 g/mol. The Morgan fingerprint density at radius 3 is 2.79 bits per heavy atom. The second-order valence-electron chi connectivity index (χ2n) is 3.26. The summed E-state index contributed by atoms with van der Waals surface area (Å²) >= 11 is -0.306. The molecule has 1 rings (SSSR count). The second kappa shape index (κ2) is 5.38. The number of carbonyl (C=O) groups is 1. The monoisotopic (exact) mass is 308 g/mol. The maximum absolute atomic E-state index is 10.4. The number of rotatable bonds is 4. The van der Waals surface area contributed by atoms with Crippen molar-refractivity contribution in [2.75, 3.05) is 0 Å². The summed E-state index contributed by atoms with van der Waals surface area (Å²) in [5.41, 5.74) is 2.58. The van der Waals surface area contributed by atoms with Gasteiger partial charge in [0.05, 0.1) is 0 Å². The van der Waals surface area contributed by atoms with Crippen LogP contribution in [-0.2, 0) is 4.79 Å². The van der Waals surface area contributed by atoms with E-state index in [1.54, 1.807) is 0 Å². The minimum absolute atomic E-state index is 0.306. The molecule has 76 valence electrons. The Balaban J connectivity index is 2.57. The van der Waals surface area contributed by atoms with Crippen molar-refractivity contribution in [1.29, 1.82) is 0 Å². The van der Waals surface area contributed by atoms with E-state index in [0.717, 1.165) is 4.47 Å². The van der Waals surface area contributed by atoms with Gasteiger partial charge in [0.1, 0.15) is 0 Å². The first-order chi connectivity index (χ1) is 6.59. The molecule has 3 heteroatoms. The van der Waals surface area contributed by atoms with Crippen LogP contribution >= 0.6 is 0 Å². The quantitative estimate of drug-likeness (QED) is 0.857. The summed E-state index contributed by atoms with van der Waals surface area (Å²) in [5.74, 6) is -0.680. The molecule has 0 radical (unpaired) electrons. The van der Waals surface area contributed by atoms with E-state index in [2.05, 4.69) is 32.0 Å². The molecular formula is C11H14O2Te. The van der Waals surface area contributed by atoms with Crippen molar-refractivity contribution in [3.8, 4) is 0 Å². The van der Waals surface area contributed by atoms with Gasteiger partial charge in [0.25, 0.3) is 0 Å². The number of carboxylic acids is 1. The molecule has 0 aliphatic heterocycles. The fourth-order valence-corrected chi connectivity index (χ4v) is 4.14. The normalized spacial score (nSPS) is 10.1. The molecule has 0 aliphatic rings. The maximum atomic E-state index is 10.4. The van der Waals surface area contributed by atoms with Gasteiger partial charge in [-0.3, -0.25) is 0 Å². The Morgan fingerprint density at radius 2 is 2.14 bits per heavy atom. The van der Waals surface area contributed by atoms with Crippen LogP contribution < -0.4 is 3.61 Å². The van der Waals surface area contributed by atoms with E-state index in [-0.39, 0.29) is 20.9 Å². The molecule has 1 N–H and O–H groups in total. The van der Waals surface area contributed by atoms with Crippen molar-refractivity contribution in [3.05, 3.63) is 29.3 Å². The first kappa shape index (κ1) is 11.6. The third-order valence-corrected chi connectivity index (χ3v) is 5.23. The molecule has 0 spiro atoms. The summed E-state index contributed by atoms with van der Waals surface area (Å²) < 4.78 is 2.25. The van der Waals surface area contributed by atoms with E-state index < -0.39 is 5.97 Å². The Hall–Kier alpha value is -0.520. The van der Waals surface area contributed by atoms with Crippen molar-refractivity contribution in [3.63, 3.8) is 0 Å². The first-order valence-electron chi connectivity index (χ1n) is 4.51. The van der Waals surface area contributed by atoms with Gasteiger partial charge in [-0.25, -0.2) is 0 Å². The molecule has 1 aromatic carbocycles. The zero-order valence-corrected chi connectivity index (χ0v) is 10.7. The van der Waals surface area contributed by atoms with E-state index in [9.17, 15) is 4.79 Å². The molecule has 0 saturated carbocycles. The van der Waals surface area contributed by atoms with Crippen molar-refractivity contribution in [1.82, 2.24) is 0 Å². The molecule has 0 saturated heterocycles. The third-order valence-electron chi connectivity index (χ3n) is 1.92. The number of benzene rings is 1. The zero-order valence-electron chi connectivity index (χ0n) is 8.41. The van der Waals surface area contributed by atoms with E-state index in [0.29, 0.717) is 6.42 Å². The van der Waals surface area contributed by atoms with E-state index in [4.69, 9.17) is 5.11 Å². The van der Waals surface area contributed by atoms with Crippen LogP contribution in [0.4, 0.5) is 0 Å². The van der Waals surface area contributed by atoms with E-state index in [1.807, 2.05) is 0 Å². The topological polar surface area (TPSA) is 37.3 Å². The fraction of sp³-hybridized carbons (Fsp3) is 0.364. The minimum atomic E-state index is -0.680. The third kappa shape index (κ3) is 3.69. The number of carboxylic acid groups (broad SMARTS) is 1. The Morgan fingerprint density at radius 1 is 1.43 bits per heavy atom. The van der Waals surface area contributed by atoms with Gasteiger partial charge in [0.2, 0.25) is 0 Å². The van der Waals surface area contributed by atoms with Crippen molar-refractivity contribution >= 4 is 30.5 Å². The summed E-state index contributed by atoms with van der Waals surface area (Å²) in [6, 6.07) is 6.42. The van der Waals surface area contributed by atoms with Gasteiger partial charge in [-0.15, -0.1) is 0 Å². The number of hydrogen-bond donors (Lipinski definition) is 1. The molecule has 14 heavy (non-hydrogen) atoms. The molecule has 0 fully saturated rings. The average molecular weight is 306 g/mol. The molecule has 0 heterocycles. The van der Waals surface area contributed by atoms with Crippen LogP contribution in [0.25, 0.3) is 0 Å². The number of aliphatic carboxylic acids is 1. The molecule has 0 aromatic heterocycles. The number of hydrogen-bond acceptors (Lipinski definition) is 1. The van der Waals surface area contributed by atoms with Gasteiger partial charge < -0.3 is 0 Å². The summed E-state index contributed by atoms with van der Waals surface area (Å²) in [6.45, 7) is 4.17. The van der Waals surface area contributed by atoms with Crippen molar-refractivity contribution < 1.29 is 9.90 Å². The van der Waals surface area contributed by atoms with Crippen LogP contribution in [0.2, 0.25) is 4.47 Å². The Kier molecular flexibility index (Phi) is 4.44.